The van der Waals surface area contributed by atoms with E-state index >= 15 is 0 Å². The summed E-state index contributed by atoms with van der Waals surface area (Å²) in [5.41, 5.74) is 0. The van der Waals surface area contributed by atoms with Crippen molar-refractivity contribution in [3.05, 3.63) is 46.9 Å². The smallest absolute Gasteiger partial charge is 0.343 e. The second-order valence-corrected chi connectivity index (χ2v) is 26.9. The van der Waals surface area contributed by atoms with E-state index in [4.69, 9.17) is 4.18 Å². The molecule has 4 aromatic rings. The predicted octanol–water partition coefficient (Wildman–Crippen LogP) is 16.2. The van der Waals surface area contributed by atoms with Gasteiger partial charge in [-0.1, -0.05) is 135 Å². The molecule has 0 amide bonds. The van der Waals surface area contributed by atoms with Crippen molar-refractivity contribution >= 4 is 187 Å². The van der Waals surface area contributed by atoms with Crippen LogP contribution < -0.4 is 18.9 Å². The van der Waals surface area contributed by atoms with E-state index in [9.17, 15) is 8.42 Å². The van der Waals surface area contributed by atoms with Gasteiger partial charge in [0.25, 0.3) is 10.1 Å². The fraction of sp³-hybridized carbons (Fsp3) is 0.745. The standard InChI is InChI=1S/2C8H11Br2N3.2C8H12BrN3.C7H14O3S.C4H9.C3H2Br2N2.C3H4N2.2CH4.Br2.Li/c9-7-8(10)13(12-11-7)6-4-2-1-3-5-6;9-7-8(10)12-13(11-7)6-4-2-1-3-5-6;9-8-6-12(11-10-8)7-4-2-1-3-5-7;9-8-6-10-12(11-8)7-4-2-1-3-5-7;1-11(8,9)10-7-5-3-2-4-6-7;1-3-4-2;4-2-3(5)7-1-6-2;1-2-5-3-4-1;;;1-2;/h2*6H,1-5H2;2*6-7H,1-5H2;7H,2-6H2,1H3;1,3-4H2,2H3;1H2;1-2H,3H2;2*1H4;;/q;;;;;-1;;;;;;+1. The number of rotatable bonds is 7. The third-order valence-corrected chi connectivity index (χ3v) is 19.6. The van der Waals surface area contributed by atoms with Crippen molar-refractivity contribution in [1.82, 2.24) is 60.0 Å². The maximum atomic E-state index is 10.7. The van der Waals surface area contributed by atoms with Gasteiger partial charge in [-0.25, -0.2) is 9.36 Å². The average Bonchev–Trinajstić information content (AvgIpc) is 4.41. The first-order valence-electron chi connectivity index (χ1n) is 27.0. The molecule has 0 aromatic carbocycles. The van der Waals surface area contributed by atoms with Crippen molar-refractivity contribution in [2.75, 3.05) is 19.6 Å². The molecule has 19 nitrogen and oxygen atoms in total. The molecule has 0 saturated heterocycles. The maximum Gasteiger partial charge on any atom is 1.00 e. The second kappa shape index (κ2) is 49.3. The van der Waals surface area contributed by atoms with Gasteiger partial charge in [-0.05, 0) is 192 Å². The van der Waals surface area contributed by atoms with E-state index in [0.717, 1.165) is 75.2 Å². The fourth-order valence-corrected chi connectivity index (χ4v) is 11.9. The summed E-state index contributed by atoms with van der Waals surface area (Å²) in [4.78, 5) is 19.0. The SMILES string of the molecule is BrBr.BrC1=NCN=C1Br.Brc1cn(C2CCCCC2)nn1.Brc1cnn(C2CCCCC2)n1.Brc1nn(C2CCCCC2)nc1Br.Brc1nnn(C2CCCCC2)c1Br.C.C.C1=NCN=C1.CS(=O)(=O)OC1CCCCC1.[CH2-]CCC.[Li+]. The molecule has 462 valence electrons. The van der Waals surface area contributed by atoms with Crippen LogP contribution in [0, 0.1) is 6.92 Å². The number of nitrogens with zero attached hydrogens (tertiary/aromatic N) is 16. The Morgan fingerprint density at radius 1 is 0.561 bits per heavy atom. The number of aliphatic imine (C=N–C) groups is 4. The molecule has 82 heavy (non-hydrogen) atoms. The zero-order chi connectivity index (χ0) is 57.8. The summed E-state index contributed by atoms with van der Waals surface area (Å²) in [6.45, 7) is 6.92. The van der Waals surface area contributed by atoms with E-state index in [1.165, 1.54) is 141 Å². The molecule has 0 spiro atoms. The van der Waals surface area contributed by atoms with Crippen LogP contribution in [0.2, 0.25) is 0 Å². The van der Waals surface area contributed by atoms with Crippen LogP contribution in [0.1, 0.15) is 219 Å². The quantitative estimate of drug-likeness (QED) is 0.0963. The largest absolute Gasteiger partial charge is 1.00 e. The number of hydrogen-bond acceptors (Lipinski definition) is 15. The van der Waals surface area contributed by atoms with Crippen LogP contribution in [0.5, 0.6) is 0 Å². The van der Waals surface area contributed by atoms with Crippen molar-refractivity contribution in [3.63, 3.8) is 0 Å². The van der Waals surface area contributed by atoms with Crippen LogP contribution in [0.3, 0.4) is 0 Å². The molecular formula is C51H83Br10LiN16O3S. The summed E-state index contributed by atoms with van der Waals surface area (Å²) in [7, 11) is -3.22. The molecule has 0 bridgehead atoms. The molecule has 2 aliphatic heterocycles. The summed E-state index contributed by atoms with van der Waals surface area (Å²) in [5, 5.41) is 33.1. The summed E-state index contributed by atoms with van der Waals surface area (Å²) in [6, 6.07) is 2.20. The van der Waals surface area contributed by atoms with Crippen LogP contribution in [-0.4, -0.2) is 116 Å². The Balaban J connectivity index is 0.000000925. The van der Waals surface area contributed by atoms with E-state index in [-0.39, 0.29) is 39.8 Å². The van der Waals surface area contributed by atoms with Crippen molar-refractivity contribution in [3.8, 4) is 0 Å². The van der Waals surface area contributed by atoms with E-state index in [1.807, 2.05) is 25.2 Å². The Bertz CT molecular complexity index is 2390. The Labute approximate surface area is 584 Å². The third-order valence-electron chi connectivity index (χ3n) is 13.0. The number of unbranched alkanes of at least 4 members (excludes halogenated alkanes) is 1. The van der Waals surface area contributed by atoms with Gasteiger partial charge in [0, 0.05) is 40.7 Å². The topological polar surface area (TPSA) is 216 Å². The van der Waals surface area contributed by atoms with Gasteiger partial charge in [-0.2, -0.15) is 29.5 Å². The van der Waals surface area contributed by atoms with Crippen molar-refractivity contribution in [1.29, 1.82) is 0 Å². The summed E-state index contributed by atoms with van der Waals surface area (Å²) in [6.07, 6.45) is 41.6. The van der Waals surface area contributed by atoms with Gasteiger partial charge in [0.2, 0.25) is 0 Å². The minimum Gasteiger partial charge on any atom is -0.343 e. The van der Waals surface area contributed by atoms with Crippen molar-refractivity contribution < 1.29 is 31.5 Å². The van der Waals surface area contributed by atoms with E-state index in [1.54, 1.807) is 18.6 Å². The average molecular weight is 1810 g/mol. The molecular weight excluding hydrogens is 1720 g/mol. The first kappa shape index (κ1) is 82.5. The number of halogens is 10. The summed E-state index contributed by atoms with van der Waals surface area (Å²) >= 11 is 32.0. The van der Waals surface area contributed by atoms with E-state index in [2.05, 4.69) is 231 Å². The Hall–Kier alpha value is 0.547. The van der Waals surface area contributed by atoms with Gasteiger partial charge in [0.05, 0.1) is 48.9 Å². The van der Waals surface area contributed by atoms with Crippen LogP contribution in [0.15, 0.2) is 60.0 Å². The molecule has 6 heterocycles. The van der Waals surface area contributed by atoms with Crippen LogP contribution in [-0.2, 0) is 14.3 Å². The van der Waals surface area contributed by atoms with Gasteiger partial charge in [0.15, 0.2) is 13.8 Å². The van der Waals surface area contributed by atoms with Crippen LogP contribution in [0.25, 0.3) is 0 Å². The minimum atomic E-state index is -3.22. The first-order chi connectivity index (χ1) is 38.1. The molecule has 0 atom stereocenters. The third kappa shape index (κ3) is 35.1. The molecule has 31 heteroatoms. The Morgan fingerprint density at radius 2 is 0.988 bits per heavy atom. The van der Waals surface area contributed by atoms with Crippen LogP contribution in [0.4, 0.5) is 0 Å². The zero-order valence-electron chi connectivity index (χ0n) is 46.0. The van der Waals surface area contributed by atoms with Gasteiger partial charge in [0.1, 0.15) is 36.4 Å². The predicted molar refractivity (Wildman–Crippen MR) is 369 cm³/mol. The van der Waals surface area contributed by atoms with Crippen molar-refractivity contribution in [2.24, 2.45) is 20.0 Å². The van der Waals surface area contributed by atoms with Crippen molar-refractivity contribution in [2.45, 2.75) is 225 Å². The number of hydrogen-bond donors (Lipinski definition) is 0. The molecule has 5 aliphatic carbocycles. The minimum absolute atomic E-state index is 0. The normalized spacial score (nSPS) is 18.0. The van der Waals surface area contributed by atoms with Gasteiger partial charge in [-0.15, -0.1) is 25.5 Å². The Kier molecular flexibility index (Phi) is 49.7. The Morgan fingerprint density at radius 3 is 1.32 bits per heavy atom. The zero-order valence-corrected chi connectivity index (χ0v) is 62.7. The molecule has 0 N–H and O–H groups in total. The van der Waals surface area contributed by atoms with Gasteiger partial charge >= 0.3 is 18.9 Å². The van der Waals surface area contributed by atoms with Gasteiger partial charge < -0.3 is 6.92 Å². The molecule has 0 unspecified atom stereocenters. The fourth-order valence-electron chi connectivity index (χ4n) is 9.04. The van der Waals surface area contributed by atoms with E-state index < -0.39 is 10.1 Å². The molecule has 5 saturated carbocycles. The monoisotopic (exact) mass is 1800 g/mol. The summed E-state index contributed by atoms with van der Waals surface area (Å²) in [5.74, 6) is 0. The molecule has 5 fully saturated rings. The first-order valence-corrected chi connectivity index (χ1v) is 38.8. The number of aromatic nitrogens is 12. The molecule has 0 radical (unpaired) electrons. The molecule has 11 rings (SSSR count). The summed E-state index contributed by atoms with van der Waals surface area (Å²) < 4.78 is 36.9. The molecule has 4 aromatic heterocycles. The van der Waals surface area contributed by atoms with Crippen LogP contribution >= 0.6 is 156 Å². The maximum absolute atomic E-state index is 10.7. The second-order valence-electron chi connectivity index (χ2n) is 19.2. The van der Waals surface area contributed by atoms with E-state index in [0.29, 0.717) is 37.5 Å². The van der Waals surface area contributed by atoms with Gasteiger partial charge in [-0.3, -0.25) is 24.2 Å². The molecule has 7 aliphatic rings.